The van der Waals surface area contributed by atoms with Gasteiger partial charge in [-0.3, -0.25) is 4.79 Å². The summed E-state index contributed by atoms with van der Waals surface area (Å²) in [4.78, 5) is 24.0. The monoisotopic (exact) mass is 272 g/mol. The van der Waals surface area contributed by atoms with Gasteiger partial charge in [-0.2, -0.15) is 0 Å². The van der Waals surface area contributed by atoms with Crippen LogP contribution in [-0.4, -0.2) is 52.3 Å². The average Bonchev–Trinajstić information content (AvgIpc) is 2.54. The van der Waals surface area contributed by atoms with Crippen molar-refractivity contribution in [3.63, 3.8) is 0 Å². The van der Waals surface area contributed by atoms with E-state index < -0.39 is 18.1 Å². The largest absolute Gasteiger partial charge is 0.480 e. The summed E-state index contributed by atoms with van der Waals surface area (Å²) in [5.41, 5.74) is 0. The zero-order valence-corrected chi connectivity index (χ0v) is 11.5. The number of nitrogens with one attached hydrogen (secondary N) is 1. The normalized spacial score (nSPS) is 23.5. The summed E-state index contributed by atoms with van der Waals surface area (Å²) in [5, 5.41) is 21.5. The molecule has 0 aromatic carbocycles. The van der Waals surface area contributed by atoms with Crippen LogP contribution in [0.15, 0.2) is 0 Å². The van der Waals surface area contributed by atoms with Gasteiger partial charge in [0.15, 0.2) is 0 Å². The van der Waals surface area contributed by atoms with Crippen LogP contribution in [0.2, 0.25) is 0 Å². The topological polar surface area (TPSA) is 89.9 Å². The minimum absolute atomic E-state index is 0.261. The number of aliphatic hydroxyl groups is 1. The van der Waals surface area contributed by atoms with Crippen molar-refractivity contribution >= 4 is 12.0 Å². The smallest absolute Gasteiger partial charge is 0.323 e. The summed E-state index contributed by atoms with van der Waals surface area (Å²) in [6.07, 6.45) is 4.64. The van der Waals surface area contributed by atoms with E-state index in [1.807, 2.05) is 6.92 Å². The molecule has 1 saturated carbocycles. The maximum absolute atomic E-state index is 12.0. The minimum Gasteiger partial charge on any atom is -0.480 e. The Kier molecular flexibility index (Phi) is 6.62. The Morgan fingerprint density at radius 2 is 1.95 bits per heavy atom. The maximum atomic E-state index is 12.0. The second-order valence-corrected chi connectivity index (χ2v) is 5.08. The molecule has 0 spiro atoms. The molecule has 0 aliphatic heterocycles. The zero-order chi connectivity index (χ0) is 14.3. The van der Waals surface area contributed by atoms with E-state index in [1.54, 1.807) is 0 Å². The number of carbonyl (C=O) groups excluding carboxylic acids is 1. The quantitative estimate of drug-likeness (QED) is 0.656. The van der Waals surface area contributed by atoms with Crippen molar-refractivity contribution in [3.8, 4) is 0 Å². The van der Waals surface area contributed by atoms with Gasteiger partial charge in [0.2, 0.25) is 0 Å². The van der Waals surface area contributed by atoms with Crippen LogP contribution in [0.5, 0.6) is 0 Å². The molecule has 0 radical (unpaired) electrons. The summed E-state index contributed by atoms with van der Waals surface area (Å²) in [5.74, 6) is -1.02. The van der Waals surface area contributed by atoms with Crippen LogP contribution in [0.3, 0.4) is 0 Å². The van der Waals surface area contributed by atoms with E-state index in [9.17, 15) is 14.7 Å². The second kappa shape index (κ2) is 7.99. The van der Waals surface area contributed by atoms with Gasteiger partial charge in [0.25, 0.3) is 0 Å². The number of aliphatic carboxylic acids is 1. The molecule has 0 aromatic rings. The van der Waals surface area contributed by atoms with Gasteiger partial charge in [-0.25, -0.2) is 4.79 Å². The van der Waals surface area contributed by atoms with Crippen LogP contribution in [0, 0.1) is 0 Å². The molecule has 1 rings (SSSR count). The number of nitrogens with zero attached hydrogens (tertiary/aromatic N) is 1. The second-order valence-electron chi connectivity index (χ2n) is 5.08. The molecule has 6 nitrogen and oxygen atoms in total. The molecular weight excluding hydrogens is 248 g/mol. The highest BCUT2D eigenvalue weighted by Gasteiger charge is 2.25. The van der Waals surface area contributed by atoms with E-state index >= 15 is 0 Å². The molecule has 6 heteroatoms. The Morgan fingerprint density at radius 1 is 1.26 bits per heavy atom. The predicted molar refractivity (Wildman–Crippen MR) is 70.9 cm³/mol. The van der Waals surface area contributed by atoms with Crippen LogP contribution >= 0.6 is 0 Å². The van der Waals surface area contributed by atoms with Crippen LogP contribution < -0.4 is 5.32 Å². The molecule has 2 atom stereocenters. The van der Waals surface area contributed by atoms with Gasteiger partial charge in [0.05, 0.1) is 12.1 Å². The Labute approximate surface area is 113 Å². The summed E-state index contributed by atoms with van der Waals surface area (Å²) in [6, 6.07) is -0.654. The molecule has 1 fully saturated rings. The first-order valence-corrected chi connectivity index (χ1v) is 7.00. The predicted octanol–water partition coefficient (Wildman–Crippen LogP) is 1.19. The molecule has 2 unspecified atom stereocenters. The number of amides is 2. The first-order valence-electron chi connectivity index (χ1n) is 7.00. The number of carboxylic acid groups (broad SMARTS) is 1. The minimum atomic E-state index is -1.02. The van der Waals surface area contributed by atoms with Crippen molar-refractivity contribution in [2.45, 2.75) is 57.6 Å². The fraction of sp³-hybridized carbons (Fsp3) is 0.846. The van der Waals surface area contributed by atoms with Crippen molar-refractivity contribution in [2.75, 3.05) is 13.1 Å². The van der Waals surface area contributed by atoms with Gasteiger partial charge in [-0.1, -0.05) is 26.2 Å². The van der Waals surface area contributed by atoms with E-state index in [-0.39, 0.29) is 12.6 Å². The van der Waals surface area contributed by atoms with Crippen LogP contribution in [0.4, 0.5) is 4.79 Å². The number of hydrogen-bond donors (Lipinski definition) is 3. The van der Waals surface area contributed by atoms with Crippen LogP contribution in [0.1, 0.15) is 45.4 Å². The van der Waals surface area contributed by atoms with Gasteiger partial charge in [0.1, 0.15) is 6.54 Å². The number of hydrogen-bond acceptors (Lipinski definition) is 3. The van der Waals surface area contributed by atoms with Gasteiger partial charge < -0.3 is 20.4 Å². The third-order valence-electron chi connectivity index (χ3n) is 3.40. The number of urea groups is 1. The highest BCUT2D eigenvalue weighted by atomic mass is 16.4. The summed E-state index contributed by atoms with van der Waals surface area (Å²) in [6.45, 7) is 1.99. The number of carbonyl (C=O) groups is 2. The van der Waals surface area contributed by atoms with Crippen molar-refractivity contribution < 1.29 is 19.8 Å². The molecule has 19 heavy (non-hydrogen) atoms. The SMILES string of the molecule is CCCN(CC(=O)O)C(=O)NC1CCCCCC1O. The molecule has 110 valence electrons. The lowest BCUT2D eigenvalue weighted by atomic mass is 10.1. The van der Waals surface area contributed by atoms with E-state index in [1.165, 1.54) is 4.90 Å². The standard InChI is InChI=1S/C13H24N2O4/c1-2-8-15(9-12(17)18)13(19)14-10-6-4-3-5-7-11(10)16/h10-11,16H,2-9H2,1H3,(H,14,19)(H,17,18). The van der Waals surface area contributed by atoms with Crippen LogP contribution in [0.25, 0.3) is 0 Å². The van der Waals surface area contributed by atoms with Crippen molar-refractivity contribution in [2.24, 2.45) is 0 Å². The molecule has 3 N–H and O–H groups in total. The third-order valence-corrected chi connectivity index (χ3v) is 3.40. The molecular formula is C13H24N2O4. The Balaban J connectivity index is 2.55. The number of carboxylic acids is 1. The highest BCUT2D eigenvalue weighted by Crippen LogP contribution is 2.18. The number of aliphatic hydroxyl groups excluding tert-OH is 1. The van der Waals surface area contributed by atoms with E-state index in [2.05, 4.69) is 5.32 Å². The Morgan fingerprint density at radius 3 is 2.58 bits per heavy atom. The average molecular weight is 272 g/mol. The lowest BCUT2D eigenvalue weighted by molar-refractivity contribution is -0.137. The van der Waals surface area contributed by atoms with Gasteiger partial charge in [0, 0.05) is 6.54 Å². The van der Waals surface area contributed by atoms with Crippen molar-refractivity contribution in [3.05, 3.63) is 0 Å². The molecule has 1 aliphatic carbocycles. The first-order chi connectivity index (χ1) is 9.04. The van der Waals surface area contributed by atoms with E-state index in [0.717, 1.165) is 25.7 Å². The van der Waals surface area contributed by atoms with Crippen molar-refractivity contribution in [1.82, 2.24) is 10.2 Å². The molecule has 0 saturated heterocycles. The lowest BCUT2D eigenvalue weighted by Gasteiger charge is -2.26. The van der Waals surface area contributed by atoms with Gasteiger partial charge in [-0.05, 0) is 19.3 Å². The summed E-state index contributed by atoms with van der Waals surface area (Å²) >= 11 is 0. The van der Waals surface area contributed by atoms with Gasteiger partial charge >= 0.3 is 12.0 Å². The molecule has 1 aliphatic rings. The molecule has 0 aromatic heterocycles. The fourth-order valence-corrected chi connectivity index (χ4v) is 2.39. The molecule has 2 amide bonds. The Bertz CT molecular complexity index is 309. The third kappa shape index (κ3) is 5.46. The van der Waals surface area contributed by atoms with Gasteiger partial charge in [-0.15, -0.1) is 0 Å². The molecule has 0 heterocycles. The highest BCUT2D eigenvalue weighted by molar-refractivity contribution is 5.80. The summed E-state index contributed by atoms with van der Waals surface area (Å²) < 4.78 is 0. The number of rotatable bonds is 5. The van der Waals surface area contributed by atoms with E-state index in [0.29, 0.717) is 19.4 Å². The Hall–Kier alpha value is -1.30. The fourth-order valence-electron chi connectivity index (χ4n) is 2.39. The van der Waals surface area contributed by atoms with E-state index in [4.69, 9.17) is 5.11 Å². The maximum Gasteiger partial charge on any atom is 0.323 e. The first kappa shape index (κ1) is 15.8. The molecule has 0 bridgehead atoms. The van der Waals surface area contributed by atoms with Crippen LogP contribution in [-0.2, 0) is 4.79 Å². The summed E-state index contributed by atoms with van der Waals surface area (Å²) in [7, 11) is 0. The lowest BCUT2D eigenvalue weighted by Crippen LogP contribution is -2.50. The van der Waals surface area contributed by atoms with Crippen molar-refractivity contribution in [1.29, 1.82) is 0 Å². The zero-order valence-electron chi connectivity index (χ0n) is 11.5.